The third-order valence-electron chi connectivity index (χ3n) is 3.75. The van der Waals surface area contributed by atoms with E-state index in [2.05, 4.69) is 6.07 Å². The molecule has 1 unspecified atom stereocenters. The highest BCUT2D eigenvalue weighted by atomic mass is 16.5. The molecule has 2 rings (SSSR count). The highest BCUT2D eigenvalue weighted by Crippen LogP contribution is 2.19. The summed E-state index contributed by atoms with van der Waals surface area (Å²) in [5.74, 6) is 0.995. The standard InChI is InChI=1S/C16H24N2O2/c1-12-8-13(2)10-15(9-12)20-7-5-16(19)18-6-3-4-14(18)11-17/h8-10,14H,3-7,11,17H2,1-2H3. The second-order valence-corrected chi connectivity index (χ2v) is 5.54. The SMILES string of the molecule is Cc1cc(C)cc(OCCC(=O)N2CCCC2CN)c1. The van der Waals surface area contributed by atoms with Crippen molar-refractivity contribution in [2.45, 2.75) is 39.2 Å². The van der Waals surface area contributed by atoms with Crippen LogP contribution in [0, 0.1) is 13.8 Å². The normalized spacial score (nSPS) is 18.4. The van der Waals surface area contributed by atoms with E-state index in [9.17, 15) is 4.79 Å². The van der Waals surface area contributed by atoms with Crippen LogP contribution in [0.3, 0.4) is 0 Å². The lowest BCUT2D eigenvalue weighted by atomic mass is 10.1. The van der Waals surface area contributed by atoms with Crippen molar-refractivity contribution < 1.29 is 9.53 Å². The lowest BCUT2D eigenvalue weighted by Crippen LogP contribution is -2.40. The Balaban J connectivity index is 1.82. The molecule has 4 nitrogen and oxygen atoms in total. The predicted molar refractivity (Wildman–Crippen MR) is 79.8 cm³/mol. The molecule has 1 amide bonds. The second-order valence-electron chi connectivity index (χ2n) is 5.54. The number of amides is 1. The summed E-state index contributed by atoms with van der Waals surface area (Å²) in [6, 6.07) is 6.32. The van der Waals surface area contributed by atoms with E-state index in [1.165, 1.54) is 11.1 Å². The fourth-order valence-electron chi connectivity index (χ4n) is 2.83. The van der Waals surface area contributed by atoms with E-state index in [1.54, 1.807) is 0 Å². The summed E-state index contributed by atoms with van der Waals surface area (Å²) in [6.45, 7) is 5.91. The summed E-state index contributed by atoms with van der Waals surface area (Å²) in [5.41, 5.74) is 8.04. The van der Waals surface area contributed by atoms with Crippen molar-refractivity contribution in [3.05, 3.63) is 29.3 Å². The number of likely N-dealkylation sites (tertiary alicyclic amines) is 1. The van der Waals surface area contributed by atoms with Gasteiger partial charge in [0, 0.05) is 19.1 Å². The van der Waals surface area contributed by atoms with Crippen LogP contribution in [-0.2, 0) is 4.79 Å². The molecule has 1 aliphatic heterocycles. The first kappa shape index (κ1) is 14.9. The molecule has 2 N–H and O–H groups in total. The van der Waals surface area contributed by atoms with E-state index in [-0.39, 0.29) is 11.9 Å². The van der Waals surface area contributed by atoms with Gasteiger partial charge in [-0.1, -0.05) is 6.07 Å². The Hall–Kier alpha value is -1.55. The molecule has 110 valence electrons. The minimum atomic E-state index is 0.155. The molecule has 1 aliphatic rings. The number of nitrogens with two attached hydrogens (primary N) is 1. The van der Waals surface area contributed by atoms with Gasteiger partial charge in [-0.05, 0) is 49.9 Å². The number of hydrogen-bond donors (Lipinski definition) is 1. The van der Waals surface area contributed by atoms with Crippen molar-refractivity contribution in [1.29, 1.82) is 0 Å². The van der Waals surface area contributed by atoms with Crippen molar-refractivity contribution in [3.8, 4) is 5.75 Å². The molecule has 0 spiro atoms. The topological polar surface area (TPSA) is 55.6 Å². The van der Waals surface area contributed by atoms with Crippen LogP contribution in [0.1, 0.15) is 30.4 Å². The Labute approximate surface area is 120 Å². The third kappa shape index (κ3) is 3.73. The summed E-state index contributed by atoms with van der Waals surface area (Å²) in [5, 5.41) is 0. The zero-order valence-corrected chi connectivity index (χ0v) is 12.4. The third-order valence-corrected chi connectivity index (χ3v) is 3.75. The van der Waals surface area contributed by atoms with Gasteiger partial charge in [0.25, 0.3) is 0 Å². The van der Waals surface area contributed by atoms with E-state index in [0.29, 0.717) is 19.6 Å². The number of ether oxygens (including phenoxy) is 1. The molecule has 4 heteroatoms. The number of carbonyl (C=O) groups is 1. The molecule has 0 aromatic heterocycles. The van der Waals surface area contributed by atoms with E-state index in [4.69, 9.17) is 10.5 Å². The Bertz CT molecular complexity index is 453. The number of carbonyl (C=O) groups excluding carboxylic acids is 1. The molecule has 1 saturated heterocycles. The summed E-state index contributed by atoms with van der Waals surface area (Å²) in [7, 11) is 0. The van der Waals surface area contributed by atoms with Crippen LogP contribution in [0.2, 0.25) is 0 Å². The Morgan fingerprint density at radius 1 is 1.35 bits per heavy atom. The fourth-order valence-corrected chi connectivity index (χ4v) is 2.83. The van der Waals surface area contributed by atoms with Gasteiger partial charge in [0.15, 0.2) is 0 Å². The number of nitrogens with zero attached hydrogens (tertiary/aromatic N) is 1. The molecule has 0 radical (unpaired) electrons. The predicted octanol–water partition coefficient (Wildman–Crippen LogP) is 2.02. The monoisotopic (exact) mass is 276 g/mol. The van der Waals surface area contributed by atoms with E-state index < -0.39 is 0 Å². The molecule has 1 heterocycles. The molecular weight excluding hydrogens is 252 g/mol. The zero-order chi connectivity index (χ0) is 14.5. The summed E-state index contributed by atoms with van der Waals surface area (Å²) < 4.78 is 5.69. The quantitative estimate of drug-likeness (QED) is 0.895. The average molecular weight is 276 g/mol. The summed E-state index contributed by atoms with van der Waals surface area (Å²) in [4.78, 5) is 14.0. The molecule has 1 fully saturated rings. The van der Waals surface area contributed by atoms with E-state index in [1.807, 2.05) is 30.9 Å². The Morgan fingerprint density at radius 2 is 2.05 bits per heavy atom. The first-order valence-corrected chi connectivity index (χ1v) is 7.31. The molecule has 0 aliphatic carbocycles. The van der Waals surface area contributed by atoms with Crippen LogP contribution in [0.25, 0.3) is 0 Å². The van der Waals surface area contributed by atoms with Gasteiger partial charge >= 0.3 is 0 Å². The number of rotatable bonds is 5. The summed E-state index contributed by atoms with van der Waals surface area (Å²) >= 11 is 0. The van der Waals surface area contributed by atoms with Crippen LogP contribution in [-0.4, -0.2) is 36.5 Å². The molecule has 1 atom stereocenters. The minimum absolute atomic E-state index is 0.155. The van der Waals surface area contributed by atoms with Crippen molar-refractivity contribution in [1.82, 2.24) is 4.90 Å². The Kier molecular flexibility index (Phi) is 5.01. The lowest BCUT2D eigenvalue weighted by molar-refractivity contribution is -0.132. The van der Waals surface area contributed by atoms with Gasteiger partial charge in [-0.25, -0.2) is 0 Å². The first-order valence-electron chi connectivity index (χ1n) is 7.31. The van der Waals surface area contributed by atoms with Crippen LogP contribution >= 0.6 is 0 Å². The highest BCUT2D eigenvalue weighted by Gasteiger charge is 2.26. The van der Waals surface area contributed by atoms with Gasteiger partial charge in [0.1, 0.15) is 5.75 Å². The number of hydrogen-bond acceptors (Lipinski definition) is 3. The van der Waals surface area contributed by atoms with Crippen LogP contribution in [0.15, 0.2) is 18.2 Å². The number of benzene rings is 1. The van der Waals surface area contributed by atoms with Crippen molar-refractivity contribution in [2.24, 2.45) is 5.73 Å². The van der Waals surface area contributed by atoms with Gasteiger partial charge in [0.05, 0.1) is 13.0 Å². The van der Waals surface area contributed by atoms with E-state index in [0.717, 1.165) is 25.1 Å². The van der Waals surface area contributed by atoms with Crippen LogP contribution in [0.4, 0.5) is 0 Å². The summed E-state index contributed by atoms with van der Waals surface area (Å²) in [6.07, 6.45) is 2.51. The van der Waals surface area contributed by atoms with Gasteiger partial charge in [-0.2, -0.15) is 0 Å². The highest BCUT2D eigenvalue weighted by molar-refractivity contribution is 5.77. The van der Waals surface area contributed by atoms with E-state index >= 15 is 0 Å². The minimum Gasteiger partial charge on any atom is -0.493 e. The maximum Gasteiger partial charge on any atom is 0.226 e. The molecule has 0 bridgehead atoms. The second kappa shape index (κ2) is 6.75. The molecule has 1 aromatic rings. The van der Waals surface area contributed by atoms with Crippen LogP contribution in [0.5, 0.6) is 5.75 Å². The molecule has 20 heavy (non-hydrogen) atoms. The largest absolute Gasteiger partial charge is 0.493 e. The van der Waals surface area contributed by atoms with Gasteiger partial charge in [-0.15, -0.1) is 0 Å². The smallest absolute Gasteiger partial charge is 0.226 e. The number of aryl methyl sites for hydroxylation is 2. The van der Waals surface area contributed by atoms with Crippen molar-refractivity contribution >= 4 is 5.91 Å². The Morgan fingerprint density at radius 3 is 2.70 bits per heavy atom. The maximum absolute atomic E-state index is 12.1. The van der Waals surface area contributed by atoms with Crippen molar-refractivity contribution in [2.75, 3.05) is 19.7 Å². The maximum atomic E-state index is 12.1. The van der Waals surface area contributed by atoms with Crippen molar-refractivity contribution in [3.63, 3.8) is 0 Å². The molecule has 1 aromatic carbocycles. The fraction of sp³-hybridized carbons (Fsp3) is 0.562. The molecular formula is C16H24N2O2. The van der Waals surface area contributed by atoms with Crippen LogP contribution < -0.4 is 10.5 Å². The zero-order valence-electron chi connectivity index (χ0n) is 12.4. The first-order chi connectivity index (χ1) is 9.60. The van der Waals surface area contributed by atoms with Gasteiger partial charge in [0.2, 0.25) is 5.91 Å². The van der Waals surface area contributed by atoms with Gasteiger partial charge in [-0.3, -0.25) is 4.79 Å². The lowest BCUT2D eigenvalue weighted by Gasteiger charge is -2.23. The van der Waals surface area contributed by atoms with Gasteiger partial charge < -0.3 is 15.4 Å². The average Bonchev–Trinajstić information content (AvgIpc) is 2.85. The molecule has 0 saturated carbocycles.